The lowest BCUT2D eigenvalue weighted by molar-refractivity contribution is -0.150. The maximum absolute atomic E-state index is 12.9. The lowest BCUT2D eigenvalue weighted by Gasteiger charge is -2.16. The highest BCUT2D eigenvalue weighted by molar-refractivity contribution is 5.72. The van der Waals surface area contributed by atoms with Crippen LogP contribution >= 0.6 is 0 Å². The van der Waals surface area contributed by atoms with Gasteiger partial charge in [-0.15, -0.1) is 0 Å². The van der Waals surface area contributed by atoms with Crippen molar-refractivity contribution in [1.29, 1.82) is 0 Å². The average molecular weight is 507 g/mol. The molecule has 0 amide bonds. The first-order chi connectivity index (χ1) is 18.3. The Hall–Kier alpha value is -2.09. The first-order valence-electron chi connectivity index (χ1n) is 15.5. The van der Waals surface area contributed by atoms with E-state index in [2.05, 4.69) is 37.3 Å². The van der Waals surface area contributed by atoms with Crippen LogP contribution in [0.25, 0.3) is 0 Å². The molecular weight excluding hydrogens is 452 g/mol. The fraction of sp³-hybridized carbons (Fsp3) is 0.629. The molecule has 0 fully saturated rings. The van der Waals surface area contributed by atoms with Crippen LogP contribution in [-0.4, -0.2) is 5.97 Å². The van der Waals surface area contributed by atoms with Gasteiger partial charge in [0, 0.05) is 0 Å². The molecule has 0 saturated heterocycles. The Balaban J connectivity index is 1.58. The number of carbonyl (C=O) groups excluding carboxylic acids is 1. The largest absolute Gasteiger partial charge is 0.461 e. The van der Waals surface area contributed by atoms with Crippen LogP contribution in [0.2, 0.25) is 0 Å². The van der Waals surface area contributed by atoms with Crippen molar-refractivity contribution in [3.05, 3.63) is 71.8 Å². The number of unbranched alkanes of at least 4 members (excludes halogenated alkanes) is 14. The quantitative estimate of drug-likeness (QED) is 0.111. The van der Waals surface area contributed by atoms with Crippen molar-refractivity contribution in [3.8, 4) is 0 Å². The van der Waals surface area contributed by atoms with E-state index in [-0.39, 0.29) is 11.9 Å². The monoisotopic (exact) mass is 506 g/mol. The van der Waals surface area contributed by atoms with Crippen LogP contribution in [0.5, 0.6) is 0 Å². The number of hydrogen-bond donors (Lipinski definition) is 0. The summed E-state index contributed by atoms with van der Waals surface area (Å²) in [6.07, 6.45) is 24.3. The zero-order valence-corrected chi connectivity index (χ0v) is 23.8. The molecule has 2 heteroatoms. The number of esters is 1. The van der Waals surface area contributed by atoms with Crippen molar-refractivity contribution >= 4 is 5.97 Å². The van der Waals surface area contributed by atoms with E-state index in [4.69, 9.17) is 4.74 Å². The van der Waals surface area contributed by atoms with E-state index in [9.17, 15) is 4.79 Å². The molecule has 2 nitrogen and oxygen atoms in total. The fourth-order valence-corrected chi connectivity index (χ4v) is 5.18. The molecule has 2 aromatic carbocycles. The minimum atomic E-state index is -0.00161. The van der Waals surface area contributed by atoms with Gasteiger partial charge in [0.2, 0.25) is 0 Å². The van der Waals surface area contributed by atoms with E-state index >= 15 is 0 Å². The highest BCUT2D eigenvalue weighted by atomic mass is 16.5. The van der Waals surface area contributed by atoms with Crippen LogP contribution in [0, 0.1) is 5.92 Å². The Kier molecular flexibility index (Phi) is 18.5. The Bertz CT molecular complexity index is 770. The van der Waals surface area contributed by atoms with Gasteiger partial charge in [-0.05, 0) is 36.8 Å². The highest BCUT2D eigenvalue weighted by Crippen LogP contribution is 2.21. The lowest BCUT2D eigenvalue weighted by Crippen LogP contribution is -2.18. The van der Waals surface area contributed by atoms with Crippen LogP contribution in [0.1, 0.15) is 134 Å². The summed E-state index contributed by atoms with van der Waals surface area (Å²) in [6.45, 7) is 2.67. The van der Waals surface area contributed by atoms with Crippen molar-refractivity contribution in [2.45, 2.75) is 136 Å². The van der Waals surface area contributed by atoms with Gasteiger partial charge in [-0.2, -0.15) is 0 Å². The molecule has 0 radical (unpaired) electrons. The second kappa shape index (κ2) is 21.9. The molecule has 2 rings (SSSR count). The standard InChI is InChI=1S/C35H54O2/c1-2-3-4-5-6-7-8-9-10-11-12-13-14-21-29-34(30-23-22-26-32-24-17-15-18-25-32)35(36)37-31-33-27-19-16-20-28-33/h15-20,24-25,27-28,34H,2-14,21-23,26,29-31H2,1H3. The summed E-state index contributed by atoms with van der Waals surface area (Å²) in [5.41, 5.74) is 2.45. The number of hydrogen-bond acceptors (Lipinski definition) is 2. The molecule has 0 aliphatic heterocycles. The van der Waals surface area contributed by atoms with Gasteiger partial charge in [0.25, 0.3) is 0 Å². The van der Waals surface area contributed by atoms with Crippen LogP contribution < -0.4 is 0 Å². The molecular formula is C35H54O2. The summed E-state index contributed by atoms with van der Waals surface area (Å²) >= 11 is 0. The number of aryl methyl sites for hydroxylation is 1. The Morgan fingerprint density at radius 1 is 0.568 bits per heavy atom. The van der Waals surface area contributed by atoms with Crippen molar-refractivity contribution in [3.63, 3.8) is 0 Å². The first-order valence-corrected chi connectivity index (χ1v) is 15.5. The van der Waals surface area contributed by atoms with E-state index in [1.54, 1.807) is 0 Å². The van der Waals surface area contributed by atoms with E-state index in [1.165, 1.54) is 89.0 Å². The topological polar surface area (TPSA) is 26.3 Å². The molecule has 0 bridgehead atoms. The van der Waals surface area contributed by atoms with Gasteiger partial charge in [0.15, 0.2) is 0 Å². The van der Waals surface area contributed by atoms with Gasteiger partial charge >= 0.3 is 5.97 Å². The highest BCUT2D eigenvalue weighted by Gasteiger charge is 2.19. The summed E-state index contributed by atoms with van der Waals surface area (Å²) in [4.78, 5) is 12.9. The molecule has 37 heavy (non-hydrogen) atoms. The zero-order chi connectivity index (χ0) is 26.2. The van der Waals surface area contributed by atoms with Gasteiger partial charge in [-0.25, -0.2) is 0 Å². The molecule has 206 valence electrons. The molecule has 0 heterocycles. The Morgan fingerprint density at radius 2 is 1.00 bits per heavy atom. The van der Waals surface area contributed by atoms with Gasteiger partial charge in [-0.1, -0.05) is 164 Å². The van der Waals surface area contributed by atoms with Gasteiger partial charge in [-0.3, -0.25) is 4.79 Å². The van der Waals surface area contributed by atoms with Crippen molar-refractivity contribution in [2.75, 3.05) is 0 Å². The predicted octanol–water partition coefficient (Wildman–Crippen LogP) is 10.6. The minimum Gasteiger partial charge on any atom is -0.461 e. The number of carbonyl (C=O) groups is 1. The summed E-state index contributed by atoms with van der Waals surface area (Å²) in [5, 5.41) is 0. The molecule has 0 N–H and O–H groups in total. The van der Waals surface area contributed by atoms with E-state index < -0.39 is 0 Å². The number of benzene rings is 2. The normalized spacial score (nSPS) is 11.9. The summed E-state index contributed by atoms with van der Waals surface area (Å²) in [6, 6.07) is 20.7. The van der Waals surface area contributed by atoms with Crippen LogP contribution in [-0.2, 0) is 22.6 Å². The van der Waals surface area contributed by atoms with Crippen molar-refractivity contribution in [2.24, 2.45) is 5.92 Å². The second-order valence-corrected chi connectivity index (χ2v) is 10.9. The third-order valence-electron chi connectivity index (χ3n) is 7.57. The summed E-state index contributed by atoms with van der Waals surface area (Å²) < 4.78 is 5.74. The third kappa shape index (κ3) is 16.4. The first kappa shape index (κ1) is 31.1. The average Bonchev–Trinajstić information content (AvgIpc) is 2.94. The molecule has 0 saturated carbocycles. The summed E-state index contributed by atoms with van der Waals surface area (Å²) in [7, 11) is 0. The molecule has 1 atom stereocenters. The van der Waals surface area contributed by atoms with Crippen molar-refractivity contribution < 1.29 is 9.53 Å². The van der Waals surface area contributed by atoms with Gasteiger partial charge in [0.1, 0.15) is 6.61 Å². The van der Waals surface area contributed by atoms with Crippen LogP contribution in [0.4, 0.5) is 0 Å². The Morgan fingerprint density at radius 3 is 1.51 bits per heavy atom. The smallest absolute Gasteiger partial charge is 0.309 e. The maximum atomic E-state index is 12.9. The molecule has 0 aliphatic carbocycles. The van der Waals surface area contributed by atoms with Crippen LogP contribution in [0.15, 0.2) is 60.7 Å². The molecule has 0 aromatic heterocycles. The van der Waals surface area contributed by atoms with E-state index in [0.29, 0.717) is 6.61 Å². The fourth-order valence-electron chi connectivity index (χ4n) is 5.18. The van der Waals surface area contributed by atoms with E-state index in [0.717, 1.165) is 44.1 Å². The predicted molar refractivity (Wildman–Crippen MR) is 159 cm³/mol. The van der Waals surface area contributed by atoms with Crippen molar-refractivity contribution in [1.82, 2.24) is 0 Å². The molecule has 0 aliphatic rings. The number of rotatable bonds is 23. The number of ether oxygens (including phenoxy) is 1. The second-order valence-electron chi connectivity index (χ2n) is 10.9. The van der Waals surface area contributed by atoms with Gasteiger partial charge < -0.3 is 4.74 Å². The van der Waals surface area contributed by atoms with E-state index in [1.807, 2.05) is 30.3 Å². The molecule has 1 unspecified atom stereocenters. The lowest BCUT2D eigenvalue weighted by atomic mass is 9.94. The van der Waals surface area contributed by atoms with Gasteiger partial charge in [0.05, 0.1) is 5.92 Å². The maximum Gasteiger partial charge on any atom is 0.309 e. The minimum absolute atomic E-state index is 0.00161. The molecule has 0 spiro atoms. The molecule has 2 aromatic rings. The SMILES string of the molecule is CCCCCCCCCCCCCCCCC(CCCCc1ccccc1)C(=O)OCc1ccccc1. The zero-order valence-electron chi connectivity index (χ0n) is 23.8. The third-order valence-corrected chi connectivity index (χ3v) is 7.57. The summed E-state index contributed by atoms with van der Waals surface area (Å²) in [5.74, 6) is 0.0371. The Labute approximate surface area is 228 Å². The van der Waals surface area contributed by atoms with Crippen LogP contribution in [0.3, 0.4) is 0 Å².